The van der Waals surface area contributed by atoms with Crippen molar-refractivity contribution in [3.05, 3.63) is 76.5 Å². The number of piperidine rings is 2. The predicted octanol–water partition coefficient (Wildman–Crippen LogP) is 7.13. The summed E-state index contributed by atoms with van der Waals surface area (Å²) in [4.78, 5) is 79.2. The van der Waals surface area contributed by atoms with E-state index in [1.54, 1.807) is 17.0 Å². The number of carbonyl (C=O) groups excluding carboxylic acids is 4. The van der Waals surface area contributed by atoms with Crippen LogP contribution in [0, 0.1) is 17.0 Å². The molecule has 4 atom stereocenters. The number of halogens is 2. The summed E-state index contributed by atoms with van der Waals surface area (Å²) in [6.45, 7) is 13.4. The Labute approximate surface area is 463 Å². The van der Waals surface area contributed by atoms with Crippen LogP contribution in [0.3, 0.4) is 0 Å². The molecule has 2 aromatic heterocycles. The SMILES string of the molecule is CCc1c(F)ccc2cc(O)cc(-c3nc4c5c(nc(OCC67CCCN6[C@H](COC(=O)N6CCC(C)(CN8CCN(c9ccc%10c(c9)CN(C9CCC(=O)NC9=O)C%10=O)CC8)CC6)CC7)nc5c3F)N3CCCOCC3CC4)c12. The van der Waals surface area contributed by atoms with Gasteiger partial charge in [0.25, 0.3) is 5.91 Å². The number of ether oxygens (including phenoxy) is 3. The van der Waals surface area contributed by atoms with Crippen LogP contribution in [0.15, 0.2) is 42.5 Å². The molecule has 422 valence electrons. The first kappa shape index (κ1) is 52.6. The molecule has 5 aromatic rings. The number of nitrogens with one attached hydrogen (secondary N) is 1. The fraction of sp³-hybridized carbons (Fsp3) is 0.550. The van der Waals surface area contributed by atoms with Crippen molar-refractivity contribution < 1.29 is 47.3 Å². The summed E-state index contributed by atoms with van der Waals surface area (Å²) >= 11 is 0. The molecule has 6 fully saturated rings. The van der Waals surface area contributed by atoms with Gasteiger partial charge in [-0.2, -0.15) is 9.97 Å². The summed E-state index contributed by atoms with van der Waals surface area (Å²) in [5, 5.41) is 14.9. The molecule has 13 rings (SSSR count). The maximum absolute atomic E-state index is 17.6. The number of phenols is 1. The number of likely N-dealkylation sites (tertiary alicyclic amines) is 1. The number of pyridine rings is 1. The molecule has 8 aliphatic rings. The minimum absolute atomic E-state index is 0.00487. The van der Waals surface area contributed by atoms with Gasteiger partial charge < -0.3 is 38.9 Å². The van der Waals surface area contributed by atoms with Crippen molar-refractivity contribution in [1.82, 2.24) is 39.9 Å². The number of carbonyl (C=O) groups is 4. The van der Waals surface area contributed by atoms with Gasteiger partial charge in [0.15, 0.2) is 5.82 Å². The van der Waals surface area contributed by atoms with E-state index in [1.165, 1.54) is 12.1 Å². The average molecular weight is 1100 g/mol. The number of aromatic hydroxyl groups is 1. The lowest BCUT2D eigenvalue weighted by Crippen LogP contribution is -2.52. The van der Waals surface area contributed by atoms with Crippen LogP contribution in [0.5, 0.6) is 11.8 Å². The van der Waals surface area contributed by atoms with Gasteiger partial charge in [0, 0.05) is 94.8 Å². The second-order valence-corrected chi connectivity index (χ2v) is 23.9. The fourth-order valence-electron chi connectivity index (χ4n) is 14.6. The van der Waals surface area contributed by atoms with Gasteiger partial charge in [0.05, 0.1) is 29.3 Å². The number of fused-ring (bicyclic) bond motifs is 5. The third kappa shape index (κ3) is 9.51. The highest BCUT2D eigenvalue weighted by molar-refractivity contribution is 6.06. The lowest BCUT2D eigenvalue weighted by atomic mass is 9.80. The summed E-state index contributed by atoms with van der Waals surface area (Å²) in [5.74, 6) is -1.47. The highest BCUT2D eigenvalue weighted by atomic mass is 19.1. The molecule has 0 bridgehead atoms. The Hall–Kier alpha value is -6.77. The molecule has 10 heterocycles. The molecule has 4 amide bonds. The molecule has 3 unspecified atom stereocenters. The molecular weight excluding hydrogens is 1030 g/mol. The second kappa shape index (κ2) is 21.0. The van der Waals surface area contributed by atoms with Crippen molar-refractivity contribution in [2.45, 2.75) is 121 Å². The van der Waals surface area contributed by atoms with Crippen LogP contribution in [0.2, 0.25) is 0 Å². The monoisotopic (exact) mass is 1100 g/mol. The van der Waals surface area contributed by atoms with Crippen molar-refractivity contribution in [2.24, 2.45) is 5.41 Å². The molecule has 0 saturated carbocycles. The molecule has 6 saturated heterocycles. The molecule has 18 nitrogen and oxygen atoms in total. The summed E-state index contributed by atoms with van der Waals surface area (Å²) in [6, 6.07) is 11.4. The van der Waals surface area contributed by atoms with Gasteiger partial charge in [-0.1, -0.05) is 19.9 Å². The smallest absolute Gasteiger partial charge is 0.409 e. The predicted molar refractivity (Wildman–Crippen MR) is 295 cm³/mol. The van der Waals surface area contributed by atoms with Gasteiger partial charge in [-0.15, -0.1) is 0 Å². The first-order valence-corrected chi connectivity index (χ1v) is 29.0. The Bertz CT molecular complexity index is 3310. The number of piperazine rings is 1. The van der Waals surface area contributed by atoms with Crippen molar-refractivity contribution in [3.63, 3.8) is 0 Å². The van der Waals surface area contributed by atoms with Gasteiger partial charge in [-0.3, -0.25) is 29.5 Å². The fourth-order valence-corrected chi connectivity index (χ4v) is 14.6. The highest BCUT2D eigenvalue weighted by Crippen LogP contribution is 2.46. The van der Waals surface area contributed by atoms with Gasteiger partial charge in [0.2, 0.25) is 11.8 Å². The largest absolute Gasteiger partial charge is 0.508 e. The average Bonchev–Trinajstić information content (AvgIpc) is 4.12. The topological polar surface area (TPSA) is 186 Å². The number of hydrogen-bond donors (Lipinski definition) is 2. The molecule has 0 spiro atoms. The van der Waals surface area contributed by atoms with Gasteiger partial charge in [-0.25, -0.2) is 18.6 Å². The first-order valence-electron chi connectivity index (χ1n) is 29.0. The van der Waals surface area contributed by atoms with Crippen molar-refractivity contribution in [3.8, 4) is 23.0 Å². The Morgan fingerprint density at radius 3 is 2.51 bits per heavy atom. The molecular formula is C60H70F2N10O8. The van der Waals surface area contributed by atoms with Crippen molar-refractivity contribution >= 4 is 57.0 Å². The van der Waals surface area contributed by atoms with Crippen LogP contribution in [0.25, 0.3) is 32.9 Å². The van der Waals surface area contributed by atoms with Crippen LogP contribution >= 0.6 is 0 Å². The van der Waals surface area contributed by atoms with Crippen LogP contribution in [-0.4, -0.2) is 172 Å². The van der Waals surface area contributed by atoms with Crippen LogP contribution in [0.4, 0.5) is 25.1 Å². The Morgan fingerprint density at radius 2 is 1.70 bits per heavy atom. The number of nitrogens with zero attached hydrogens (tertiary/aromatic N) is 9. The van der Waals surface area contributed by atoms with Crippen LogP contribution in [0.1, 0.15) is 105 Å². The van der Waals surface area contributed by atoms with E-state index in [4.69, 9.17) is 29.2 Å². The quantitative estimate of drug-likeness (QED) is 0.127. The summed E-state index contributed by atoms with van der Waals surface area (Å²) in [6.07, 6.45) is 7.90. The Morgan fingerprint density at radius 1 is 0.863 bits per heavy atom. The minimum atomic E-state index is -0.686. The molecule has 80 heavy (non-hydrogen) atoms. The number of aromatic nitrogens is 3. The summed E-state index contributed by atoms with van der Waals surface area (Å²) in [5.41, 5.74) is 3.73. The number of anilines is 2. The molecule has 8 aliphatic heterocycles. The third-order valence-electron chi connectivity index (χ3n) is 19.0. The van der Waals surface area contributed by atoms with E-state index in [0.717, 1.165) is 95.5 Å². The van der Waals surface area contributed by atoms with Crippen molar-refractivity contribution in [1.29, 1.82) is 0 Å². The standard InChI is InChI=1S/C60H70F2N10O8/c1-3-42-45(61)10-6-36-29-41(73)30-44(49(36)42)52-51(62)53-50-46(63-52)11-8-39-32-78-27-5-19-70(39)54(50)66-57(65-53)80-35-60-15-4-20-72(60)40(14-16-60)33-79-58(77)69-21-17-59(2,18-22-69)34-67-23-25-68(26-24-67)38-7-9-43-37(28-38)31-71(56(43)76)47-12-13-48(74)64-55(47)75/h6-7,9-10,28-30,39-40,47,73H,3-5,8,11-27,31-35H2,1-2H3,(H,64,74,75)/t39?,40-,47?,60?/m0/s1. The zero-order valence-electron chi connectivity index (χ0n) is 45.7. The van der Waals surface area contributed by atoms with E-state index in [1.807, 2.05) is 24.0 Å². The lowest BCUT2D eigenvalue weighted by Gasteiger charge is -2.44. The van der Waals surface area contributed by atoms with Gasteiger partial charge in [-0.05, 0) is 141 Å². The maximum atomic E-state index is 17.6. The molecule has 3 aromatic carbocycles. The van der Waals surface area contributed by atoms with E-state index in [2.05, 4.69) is 37.9 Å². The number of imide groups is 1. The minimum Gasteiger partial charge on any atom is -0.508 e. The second-order valence-electron chi connectivity index (χ2n) is 23.9. The lowest BCUT2D eigenvalue weighted by molar-refractivity contribution is -0.136. The molecule has 0 aliphatic carbocycles. The van der Waals surface area contributed by atoms with E-state index in [0.29, 0.717) is 109 Å². The summed E-state index contributed by atoms with van der Waals surface area (Å²) < 4.78 is 51.8. The number of benzene rings is 3. The normalized spacial score (nSPS) is 25.1. The Kier molecular flexibility index (Phi) is 13.8. The number of amides is 4. The van der Waals surface area contributed by atoms with Crippen LogP contribution in [-0.2, 0) is 38.4 Å². The van der Waals surface area contributed by atoms with Crippen LogP contribution < -0.4 is 19.9 Å². The number of phenolic OH excluding ortho intramolecular Hbond substituents is 1. The number of hydrogen-bond acceptors (Lipinski definition) is 15. The summed E-state index contributed by atoms with van der Waals surface area (Å²) in [7, 11) is 0. The maximum Gasteiger partial charge on any atom is 0.409 e. The van der Waals surface area contributed by atoms with E-state index in [9.17, 15) is 24.3 Å². The molecule has 0 radical (unpaired) electrons. The van der Waals surface area contributed by atoms with E-state index in [-0.39, 0.29) is 83.6 Å². The van der Waals surface area contributed by atoms with E-state index >= 15 is 8.78 Å². The zero-order chi connectivity index (χ0) is 55.0. The van der Waals surface area contributed by atoms with Gasteiger partial charge in [0.1, 0.15) is 47.9 Å². The number of aryl methyl sites for hydroxylation is 2. The molecule has 20 heteroatoms. The highest BCUT2D eigenvalue weighted by Gasteiger charge is 2.51. The van der Waals surface area contributed by atoms with E-state index < -0.39 is 23.6 Å². The zero-order valence-corrected chi connectivity index (χ0v) is 45.7. The third-order valence-corrected chi connectivity index (χ3v) is 19.0. The van der Waals surface area contributed by atoms with Crippen molar-refractivity contribution in [2.75, 3.05) is 95.1 Å². The number of rotatable bonds is 11. The Balaban J connectivity index is 0.638. The first-order chi connectivity index (χ1) is 38.7. The molecule has 2 N–H and O–H groups in total. The van der Waals surface area contributed by atoms with Gasteiger partial charge >= 0.3 is 12.1 Å².